The van der Waals surface area contributed by atoms with E-state index in [0.717, 1.165) is 4.68 Å². The molecule has 2 aromatic carbocycles. The van der Waals surface area contributed by atoms with Crippen LogP contribution in [0.3, 0.4) is 0 Å². The summed E-state index contributed by atoms with van der Waals surface area (Å²) in [6, 6.07) is 7.64. The maximum Gasteiger partial charge on any atom is 0.410 e. The number of rotatable bonds is 3. The number of nitrogens with one attached hydrogen (secondary N) is 2. The van der Waals surface area contributed by atoms with Crippen LogP contribution < -0.4 is 10.6 Å². The summed E-state index contributed by atoms with van der Waals surface area (Å²) in [7, 11) is 0. The Balaban J connectivity index is 1.65. The van der Waals surface area contributed by atoms with Crippen molar-refractivity contribution in [2.24, 2.45) is 0 Å². The summed E-state index contributed by atoms with van der Waals surface area (Å²) in [5, 5.41) is 10.5. The van der Waals surface area contributed by atoms with Gasteiger partial charge >= 0.3 is 6.18 Å². The highest BCUT2D eigenvalue weighted by Gasteiger charge is 2.46. The van der Waals surface area contributed by atoms with Crippen molar-refractivity contribution in [2.45, 2.75) is 24.7 Å². The second-order valence-electron chi connectivity index (χ2n) is 7.10. The van der Waals surface area contributed by atoms with Gasteiger partial charge in [0.15, 0.2) is 11.7 Å². The zero-order chi connectivity index (χ0) is 23.2. The Morgan fingerprint density at radius 1 is 1.03 bits per heavy atom. The van der Waals surface area contributed by atoms with Crippen molar-refractivity contribution in [3.05, 3.63) is 73.8 Å². The molecule has 1 amide bonds. The Bertz CT molecular complexity index is 1200. The molecule has 1 aliphatic heterocycles. The average Bonchev–Trinajstić information content (AvgIpc) is 3.15. The molecule has 4 rings (SSSR count). The number of anilines is 2. The summed E-state index contributed by atoms with van der Waals surface area (Å²) in [6.45, 7) is 0. The maximum absolute atomic E-state index is 13.8. The lowest BCUT2D eigenvalue weighted by atomic mass is 9.97. The molecule has 0 unspecified atom stereocenters. The zero-order valence-electron chi connectivity index (χ0n) is 15.9. The van der Waals surface area contributed by atoms with E-state index in [0.29, 0.717) is 15.6 Å². The van der Waals surface area contributed by atoms with Crippen LogP contribution >= 0.6 is 46.4 Å². The number of aromatic nitrogens is 2. The van der Waals surface area contributed by atoms with Gasteiger partial charge in [0, 0.05) is 17.5 Å². The van der Waals surface area contributed by atoms with Gasteiger partial charge in [-0.2, -0.15) is 18.3 Å². The maximum atomic E-state index is 13.8. The number of amides is 1. The van der Waals surface area contributed by atoms with Crippen molar-refractivity contribution in [3.63, 3.8) is 0 Å². The molecule has 32 heavy (non-hydrogen) atoms. The van der Waals surface area contributed by atoms with Crippen LogP contribution in [0, 0.1) is 0 Å². The Morgan fingerprint density at radius 2 is 1.78 bits per heavy atom. The molecule has 1 aliphatic rings. The Hall–Kier alpha value is -2.13. The van der Waals surface area contributed by atoms with Crippen molar-refractivity contribution >= 4 is 63.8 Å². The molecule has 3 aromatic rings. The van der Waals surface area contributed by atoms with Gasteiger partial charge in [0.2, 0.25) is 0 Å². The molecule has 5 nitrogen and oxygen atoms in total. The average molecular weight is 524 g/mol. The molecule has 2 heterocycles. The SMILES string of the molecule is O=C(Nc1ccc(Cl)cc1Cl)c1cc2n(n1)[C@H](C(F)(F)F)C[C@@H](c1ccc(Cl)c(Cl)c1)N2. The second-order valence-corrected chi connectivity index (χ2v) is 8.76. The Kier molecular flexibility index (Phi) is 6.24. The molecule has 0 radical (unpaired) electrons. The highest BCUT2D eigenvalue weighted by molar-refractivity contribution is 6.42. The quantitative estimate of drug-likeness (QED) is 0.375. The molecule has 0 saturated carbocycles. The fourth-order valence-electron chi connectivity index (χ4n) is 3.41. The van der Waals surface area contributed by atoms with E-state index < -0.39 is 24.2 Å². The van der Waals surface area contributed by atoms with Gasteiger partial charge in [-0.15, -0.1) is 0 Å². The Labute approximate surface area is 200 Å². The van der Waals surface area contributed by atoms with Crippen LogP contribution in [0.25, 0.3) is 0 Å². The third-order valence-electron chi connectivity index (χ3n) is 4.95. The largest absolute Gasteiger partial charge is 0.410 e. The number of fused-ring (bicyclic) bond motifs is 1. The summed E-state index contributed by atoms with van der Waals surface area (Å²) in [5.41, 5.74) is 0.573. The number of halogens is 7. The molecule has 0 aliphatic carbocycles. The fourth-order valence-corrected chi connectivity index (χ4v) is 4.17. The predicted octanol–water partition coefficient (Wildman–Crippen LogP) is 7.41. The van der Waals surface area contributed by atoms with Crippen LogP contribution in [0.4, 0.5) is 24.7 Å². The standard InChI is InChI=1S/C20H13Cl4F3N4O/c21-10-2-4-14(13(24)6-10)29-19(32)16-8-18-28-15(9-1-3-11(22)12(23)5-9)7-17(20(25,26)27)31(18)30-16/h1-6,8,15,17,28H,7H2,(H,29,32)/t15-,17-/m0/s1. The van der Waals surface area contributed by atoms with Gasteiger partial charge in [0.1, 0.15) is 5.82 Å². The van der Waals surface area contributed by atoms with Crippen LogP contribution in [-0.4, -0.2) is 21.9 Å². The third-order valence-corrected chi connectivity index (χ3v) is 6.23. The first-order valence-electron chi connectivity index (χ1n) is 9.17. The second kappa shape index (κ2) is 8.67. The normalized spacial score (nSPS) is 18.1. The molecule has 0 fully saturated rings. The van der Waals surface area contributed by atoms with Crippen molar-refractivity contribution in [3.8, 4) is 0 Å². The van der Waals surface area contributed by atoms with Gasteiger partial charge in [-0.05, 0) is 35.9 Å². The first kappa shape index (κ1) is 23.0. The first-order chi connectivity index (χ1) is 15.0. The van der Waals surface area contributed by atoms with E-state index in [9.17, 15) is 18.0 Å². The van der Waals surface area contributed by atoms with Gasteiger partial charge in [0.25, 0.3) is 5.91 Å². The van der Waals surface area contributed by atoms with Crippen LogP contribution in [0.1, 0.15) is 34.6 Å². The smallest absolute Gasteiger partial charge is 0.363 e. The minimum Gasteiger partial charge on any atom is -0.363 e. The van der Waals surface area contributed by atoms with Gasteiger partial charge < -0.3 is 10.6 Å². The molecule has 1 aromatic heterocycles. The van der Waals surface area contributed by atoms with E-state index in [-0.39, 0.29) is 33.7 Å². The van der Waals surface area contributed by atoms with Crippen molar-refractivity contribution in [1.82, 2.24) is 9.78 Å². The van der Waals surface area contributed by atoms with E-state index in [1.165, 1.54) is 36.4 Å². The van der Waals surface area contributed by atoms with Crippen LogP contribution in [-0.2, 0) is 0 Å². The molecule has 0 spiro atoms. The van der Waals surface area contributed by atoms with Crippen molar-refractivity contribution in [1.29, 1.82) is 0 Å². The van der Waals surface area contributed by atoms with Gasteiger partial charge in [0.05, 0.1) is 26.8 Å². The van der Waals surface area contributed by atoms with Crippen LogP contribution in [0.2, 0.25) is 20.1 Å². The Morgan fingerprint density at radius 3 is 2.44 bits per heavy atom. The van der Waals surface area contributed by atoms with E-state index in [1.54, 1.807) is 6.07 Å². The van der Waals surface area contributed by atoms with E-state index in [4.69, 9.17) is 46.4 Å². The topological polar surface area (TPSA) is 59.0 Å². The number of hydrogen-bond acceptors (Lipinski definition) is 3. The van der Waals surface area contributed by atoms with Crippen LogP contribution in [0.15, 0.2) is 42.5 Å². The van der Waals surface area contributed by atoms with E-state index in [1.807, 2.05) is 0 Å². The fraction of sp³-hybridized carbons (Fsp3) is 0.200. The van der Waals surface area contributed by atoms with Gasteiger partial charge in [-0.3, -0.25) is 4.79 Å². The molecular formula is C20H13Cl4F3N4O. The highest BCUT2D eigenvalue weighted by atomic mass is 35.5. The molecule has 2 atom stereocenters. The number of alkyl halides is 3. The number of hydrogen-bond donors (Lipinski definition) is 2. The summed E-state index contributed by atoms with van der Waals surface area (Å²) in [5.74, 6) is -0.674. The van der Waals surface area contributed by atoms with Gasteiger partial charge in [-0.25, -0.2) is 4.68 Å². The number of nitrogens with zero attached hydrogens (tertiary/aromatic N) is 2. The molecule has 0 saturated heterocycles. The minimum absolute atomic E-state index is 0.0435. The first-order valence-corrected chi connectivity index (χ1v) is 10.7. The zero-order valence-corrected chi connectivity index (χ0v) is 18.9. The molecule has 168 valence electrons. The monoisotopic (exact) mass is 522 g/mol. The number of benzene rings is 2. The lowest BCUT2D eigenvalue weighted by Crippen LogP contribution is -2.35. The van der Waals surface area contributed by atoms with Gasteiger partial charge in [-0.1, -0.05) is 52.5 Å². The number of carbonyl (C=O) groups is 1. The molecule has 0 bridgehead atoms. The molecule has 12 heteroatoms. The molecule has 2 N–H and O–H groups in total. The predicted molar refractivity (Wildman–Crippen MR) is 119 cm³/mol. The summed E-state index contributed by atoms with van der Waals surface area (Å²) in [4.78, 5) is 12.6. The van der Waals surface area contributed by atoms with E-state index in [2.05, 4.69) is 15.7 Å². The summed E-state index contributed by atoms with van der Waals surface area (Å²) in [6.07, 6.45) is -4.94. The van der Waals surface area contributed by atoms with Crippen molar-refractivity contribution in [2.75, 3.05) is 10.6 Å². The van der Waals surface area contributed by atoms with Crippen LogP contribution in [0.5, 0.6) is 0 Å². The highest BCUT2D eigenvalue weighted by Crippen LogP contribution is 2.44. The minimum atomic E-state index is -4.59. The number of carbonyl (C=O) groups excluding carboxylic acids is 1. The summed E-state index contributed by atoms with van der Waals surface area (Å²) >= 11 is 23.8. The summed E-state index contributed by atoms with van der Waals surface area (Å²) < 4.78 is 42.3. The molecular weight excluding hydrogens is 511 g/mol. The van der Waals surface area contributed by atoms with E-state index >= 15 is 0 Å². The third kappa shape index (κ3) is 4.64. The lowest BCUT2D eigenvalue weighted by molar-refractivity contribution is -0.173. The lowest BCUT2D eigenvalue weighted by Gasteiger charge is -2.33. The van der Waals surface area contributed by atoms with Crippen molar-refractivity contribution < 1.29 is 18.0 Å².